The number of ether oxygens (including phenoxy) is 2. The second kappa shape index (κ2) is 7.01. The van der Waals surface area contributed by atoms with E-state index >= 15 is 0 Å². The fourth-order valence-electron chi connectivity index (χ4n) is 1.70. The number of hydrogen-bond acceptors (Lipinski definition) is 4. The molecule has 0 heterocycles. The monoisotopic (exact) mass is 251 g/mol. The molecule has 0 saturated heterocycles. The molecule has 0 fully saturated rings. The van der Waals surface area contributed by atoms with Crippen LogP contribution >= 0.6 is 0 Å². The van der Waals surface area contributed by atoms with Crippen LogP contribution in [0.1, 0.15) is 32.4 Å². The zero-order chi connectivity index (χ0) is 13.5. The Balaban J connectivity index is 2.73. The van der Waals surface area contributed by atoms with Crippen molar-refractivity contribution in [2.45, 2.75) is 32.9 Å². The summed E-state index contributed by atoms with van der Waals surface area (Å²) in [6, 6.07) is 7.98. The number of hydrogen-bond donors (Lipinski definition) is 1. The highest BCUT2D eigenvalue weighted by Gasteiger charge is 2.15. The van der Waals surface area contributed by atoms with Crippen LogP contribution in [0, 0.1) is 0 Å². The molecule has 2 atom stereocenters. The Morgan fingerprint density at radius 3 is 2.72 bits per heavy atom. The van der Waals surface area contributed by atoms with Crippen LogP contribution in [0.25, 0.3) is 0 Å². The zero-order valence-electron chi connectivity index (χ0n) is 11.4. The number of esters is 1. The van der Waals surface area contributed by atoms with Crippen LogP contribution in [0.5, 0.6) is 5.75 Å². The van der Waals surface area contributed by atoms with Gasteiger partial charge >= 0.3 is 5.97 Å². The standard InChI is InChI=1S/C14H21NO3/c1-5-15-10(2)12-7-6-8-13(9-12)18-11(3)14(16)17-4/h6-11,15H,5H2,1-4H3. The number of carbonyl (C=O) groups excluding carboxylic acids is 1. The van der Waals surface area contributed by atoms with Crippen LogP contribution in [0.2, 0.25) is 0 Å². The van der Waals surface area contributed by atoms with Crippen molar-refractivity contribution in [3.8, 4) is 5.75 Å². The average molecular weight is 251 g/mol. The lowest BCUT2D eigenvalue weighted by molar-refractivity contribution is -0.147. The van der Waals surface area contributed by atoms with Crippen LogP contribution in [-0.2, 0) is 9.53 Å². The molecule has 0 aliphatic rings. The first-order valence-corrected chi connectivity index (χ1v) is 6.16. The van der Waals surface area contributed by atoms with Gasteiger partial charge in [-0.05, 0) is 38.1 Å². The summed E-state index contributed by atoms with van der Waals surface area (Å²) in [5.41, 5.74) is 1.13. The van der Waals surface area contributed by atoms with Gasteiger partial charge in [-0.1, -0.05) is 19.1 Å². The molecule has 0 spiro atoms. The Morgan fingerprint density at radius 1 is 1.39 bits per heavy atom. The van der Waals surface area contributed by atoms with Crippen LogP contribution in [0.3, 0.4) is 0 Å². The predicted molar refractivity (Wildman–Crippen MR) is 70.6 cm³/mol. The molecular weight excluding hydrogens is 230 g/mol. The van der Waals surface area contributed by atoms with Gasteiger partial charge in [0, 0.05) is 6.04 Å². The molecule has 0 amide bonds. The van der Waals surface area contributed by atoms with Gasteiger partial charge in [0.15, 0.2) is 6.10 Å². The Kier molecular flexibility index (Phi) is 5.65. The third-order valence-corrected chi connectivity index (χ3v) is 2.71. The van der Waals surface area contributed by atoms with Gasteiger partial charge in [-0.2, -0.15) is 0 Å². The van der Waals surface area contributed by atoms with E-state index in [1.807, 2.05) is 24.3 Å². The summed E-state index contributed by atoms with van der Waals surface area (Å²) in [6.45, 7) is 6.74. The fourth-order valence-corrected chi connectivity index (χ4v) is 1.70. The molecule has 2 unspecified atom stereocenters. The van der Waals surface area contributed by atoms with E-state index in [9.17, 15) is 4.79 Å². The quantitative estimate of drug-likeness (QED) is 0.788. The van der Waals surface area contributed by atoms with Crippen LogP contribution < -0.4 is 10.1 Å². The molecule has 1 aromatic rings. The Hall–Kier alpha value is -1.55. The van der Waals surface area contributed by atoms with E-state index < -0.39 is 6.10 Å². The minimum atomic E-state index is -0.598. The number of rotatable bonds is 6. The average Bonchev–Trinajstić information content (AvgIpc) is 2.38. The van der Waals surface area contributed by atoms with Crippen LogP contribution in [-0.4, -0.2) is 25.7 Å². The second-order valence-electron chi connectivity index (χ2n) is 4.14. The summed E-state index contributed by atoms with van der Waals surface area (Å²) in [5, 5.41) is 3.33. The molecular formula is C14H21NO3. The number of benzene rings is 1. The van der Waals surface area contributed by atoms with Gasteiger partial charge in [-0.25, -0.2) is 4.79 Å². The second-order valence-corrected chi connectivity index (χ2v) is 4.14. The molecule has 4 nitrogen and oxygen atoms in total. The normalized spacial score (nSPS) is 13.8. The highest BCUT2D eigenvalue weighted by atomic mass is 16.6. The summed E-state index contributed by atoms with van der Waals surface area (Å²) in [6.07, 6.45) is -0.598. The smallest absolute Gasteiger partial charge is 0.346 e. The van der Waals surface area contributed by atoms with Crippen molar-refractivity contribution in [3.63, 3.8) is 0 Å². The van der Waals surface area contributed by atoms with E-state index in [-0.39, 0.29) is 12.0 Å². The van der Waals surface area contributed by atoms with Crippen molar-refractivity contribution in [3.05, 3.63) is 29.8 Å². The van der Waals surface area contributed by atoms with Gasteiger partial charge in [-0.15, -0.1) is 0 Å². The van der Waals surface area contributed by atoms with Gasteiger partial charge in [-0.3, -0.25) is 0 Å². The fraction of sp³-hybridized carbons (Fsp3) is 0.500. The molecule has 0 saturated carbocycles. The molecule has 0 aromatic heterocycles. The molecule has 0 bridgehead atoms. The van der Waals surface area contributed by atoms with E-state index in [1.165, 1.54) is 7.11 Å². The molecule has 100 valence electrons. The van der Waals surface area contributed by atoms with Crippen molar-refractivity contribution >= 4 is 5.97 Å². The predicted octanol–water partition coefficient (Wildman–Crippen LogP) is 2.30. The molecule has 18 heavy (non-hydrogen) atoms. The minimum Gasteiger partial charge on any atom is -0.479 e. The van der Waals surface area contributed by atoms with Crippen LogP contribution in [0.15, 0.2) is 24.3 Å². The molecule has 1 N–H and O–H groups in total. The summed E-state index contributed by atoms with van der Waals surface area (Å²) < 4.78 is 10.2. The van der Waals surface area contributed by atoms with Crippen molar-refractivity contribution in [1.82, 2.24) is 5.32 Å². The Morgan fingerprint density at radius 2 is 2.11 bits per heavy atom. The third kappa shape index (κ3) is 4.04. The van der Waals surface area contributed by atoms with Gasteiger partial charge in [0.1, 0.15) is 5.75 Å². The summed E-state index contributed by atoms with van der Waals surface area (Å²) in [7, 11) is 1.35. The van der Waals surface area contributed by atoms with Crippen molar-refractivity contribution in [2.24, 2.45) is 0 Å². The first-order chi connectivity index (χ1) is 8.58. The van der Waals surface area contributed by atoms with Crippen molar-refractivity contribution in [2.75, 3.05) is 13.7 Å². The Bertz CT molecular complexity index is 392. The van der Waals surface area contributed by atoms with Crippen molar-refractivity contribution < 1.29 is 14.3 Å². The first kappa shape index (κ1) is 14.5. The molecule has 1 rings (SSSR count). The van der Waals surface area contributed by atoms with E-state index in [4.69, 9.17) is 4.74 Å². The lowest BCUT2D eigenvalue weighted by Crippen LogP contribution is -2.25. The van der Waals surface area contributed by atoms with Gasteiger partial charge in [0.25, 0.3) is 0 Å². The molecule has 1 aromatic carbocycles. The number of carbonyl (C=O) groups is 1. The SMILES string of the molecule is CCNC(C)c1cccc(OC(C)C(=O)OC)c1. The van der Waals surface area contributed by atoms with E-state index in [0.29, 0.717) is 5.75 Å². The minimum absolute atomic E-state index is 0.256. The van der Waals surface area contributed by atoms with Crippen LogP contribution in [0.4, 0.5) is 0 Å². The largest absolute Gasteiger partial charge is 0.479 e. The summed E-state index contributed by atoms with van der Waals surface area (Å²) in [5.74, 6) is 0.301. The Labute approximate surface area is 108 Å². The van der Waals surface area contributed by atoms with Gasteiger partial charge in [0.2, 0.25) is 0 Å². The highest BCUT2D eigenvalue weighted by molar-refractivity contribution is 5.74. The van der Waals surface area contributed by atoms with Gasteiger partial charge < -0.3 is 14.8 Å². The molecule has 4 heteroatoms. The maximum Gasteiger partial charge on any atom is 0.346 e. The van der Waals surface area contributed by atoms with E-state index in [1.54, 1.807) is 6.92 Å². The van der Waals surface area contributed by atoms with E-state index in [2.05, 4.69) is 23.9 Å². The summed E-state index contributed by atoms with van der Waals surface area (Å²) in [4.78, 5) is 11.3. The zero-order valence-corrected chi connectivity index (χ0v) is 11.4. The summed E-state index contributed by atoms with van der Waals surface area (Å²) >= 11 is 0. The lowest BCUT2D eigenvalue weighted by atomic mass is 10.1. The molecule has 0 aliphatic heterocycles. The van der Waals surface area contributed by atoms with Gasteiger partial charge in [0.05, 0.1) is 7.11 Å². The number of methoxy groups -OCH3 is 1. The topological polar surface area (TPSA) is 47.6 Å². The molecule has 0 aliphatic carbocycles. The van der Waals surface area contributed by atoms with E-state index in [0.717, 1.165) is 12.1 Å². The maximum absolute atomic E-state index is 11.3. The first-order valence-electron chi connectivity index (χ1n) is 6.16. The molecule has 0 radical (unpaired) electrons. The lowest BCUT2D eigenvalue weighted by Gasteiger charge is -2.16. The maximum atomic E-state index is 11.3. The third-order valence-electron chi connectivity index (χ3n) is 2.71. The van der Waals surface area contributed by atoms with Crippen molar-refractivity contribution in [1.29, 1.82) is 0 Å². The number of nitrogens with one attached hydrogen (secondary N) is 1. The highest BCUT2D eigenvalue weighted by Crippen LogP contribution is 2.20.